The van der Waals surface area contributed by atoms with E-state index < -0.39 is 5.97 Å². The number of aliphatic carboxylic acids is 1. The fourth-order valence-electron chi connectivity index (χ4n) is 2.92. The Kier molecular flexibility index (Phi) is 8.14. The first kappa shape index (κ1) is 23.9. The van der Waals surface area contributed by atoms with Crippen molar-refractivity contribution in [3.63, 3.8) is 0 Å². The fraction of sp³-hybridized carbons (Fsp3) is 0.273. The zero-order chi connectivity index (χ0) is 21.7. The minimum atomic E-state index is -0.864. The maximum absolute atomic E-state index is 10.8. The Labute approximate surface area is 186 Å². The van der Waals surface area contributed by atoms with E-state index in [1.54, 1.807) is 30.1 Å². The Balaban J connectivity index is 0.00000341. The zero-order valence-electron chi connectivity index (χ0n) is 17.4. The van der Waals surface area contributed by atoms with Gasteiger partial charge in [-0.2, -0.15) is 10.2 Å². The standard InChI is InChI=1S/C22H22N4O4.ClH/c1-14(2)29-19-9-8-17(10-18(19)11-23)22-24-21(25-30-22)16-6-4-15(5-7-16)12-26(3)13-20(27)28;/h4-10,14H,12-13H2,1-3H3,(H,27,28);1H. The van der Waals surface area contributed by atoms with Crippen LogP contribution in [0.4, 0.5) is 0 Å². The number of carboxylic acid groups (broad SMARTS) is 1. The Morgan fingerprint density at radius 3 is 2.52 bits per heavy atom. The van der Waals surface area contributed by atoms with E-state index in [1.165, 1.54) is 0 Å². The van der Waals surface area contributed by atoms with E-state index in [9.17, 15) is 10.1 Å². The number of nitrogens with zero attached hydrogens (tertiary/aromatic N) is 4. The summed E-state index contributed by atoms with van der Waals surface area (Å²) in [6.45, 7) is 4.29. The van der Waals surface area contributed by atoms with Crippen molar-refractivity contribution in [2.24, 2.45) is 0 Å². The number of carbonyl (C=O) groups is 1. The van der Waals surface area contributed by atoms with Crippen LogP contribution < -0.4 is 4.74 Å². The third kappa shape index (κ3) is 6.28. The number of benzene rings is 2. The van der Waals surface area contributed by atoms with Crippen LogP contribution in [0.2, 0.25) is 0 Å². The summed E-state index contributed by atoms with van der Waals surface area (Å²) >= 11 is 0. The van der Waals surface area contributed by atoms with Gasteiger partial charge in [0.2, 0.25) is 5.82 Å². The van der Waals surface area contributed by atoms with Crippen LogP contribution >= 0.6 is 12.4 Å². The molecule has 0 unspecified atom stereocenters. The summed E-state index contributed by atoms with van der Waals surface area (Å²) in [6.07, 6.45) is -0.0372. The molecule has 1 N–H and O–H groups in total. The van der Waals surface area contributed by atoms with Gasteiger partial charge in [-0.15, -0.1) is 12.4 Å². The van der Waals surface area contributed by atoms with Crippen LogP contribution in [0.25, 0.3) is 22.8 Å². The minimum Gasteiger partial charge on any atom is -0.490 e. The van der Waals surface area contributed by atoms with E-state index in [2.05, 4.69) is 16.2 Å². The molecule has 0 spiro atoms. The van der Waals surface area contributed by atoms with Gasteiger partial charge in [0, 0.05) is 17.7 Å². The van der Waals surface area contributed by atoms with Gasteiger partial charge in [0.05, 0.1) is 18.2 Å². The van der Waals surface area contributed by atoms with Crippen molar-refractivity contribution in [1.29, 1.82) is 5.26 Å². The van der Waals surface area contributed by atoms with Gasteiger partial charge in [-0.25, -0.2) is 0 Å². The van der Waals surface area contributed by atoms with Crippen molar-refractivity contribution < 1.29 is 19.2 Å². The second-order valence-corrected chi connectivity index (χ2v) is 7.18. The van der Waals surface area contributed by atoms with Gasteiger partial charge in [-0.05, 0) is 44.7 Å². The summed E-state index contributed by atoms with van der Waals surface area (Å²) in [5, 5.41) is 22.3. The van der Waals surface area contributed by atoms with E-state index in [1.807, 2.05) is 38.1 Å². The third-order valence-corrected chi connectivity index (χ3v) is 4.21. The third-order valence-electron chi connectivity index (χ3n) is 4.21. The van der Waals surface area contributed by atoms with Gasteiger partial charge < -0.3 is 14.4 Å². The van der Waals surface area contributed by atoms with Gasteiger partial charge in [0.15, 0.2) is 0 Å². The Hall–Kier alpha value is -3.41. The minimum absolute atomic E-state index is 0. The highest BCUT2D eigenvalue weighted by Crippen LogP contribution is 2.28. The van der Waals surface area contributed by atoms with E-state index >= 15 is 0 Å². The molecule has 0 aliphatic carbocycles. The quantitative estimate of drug-likeness (QED) is 0.557. The number of ether oxygens (including phenoxy) is 1. The first-order chi connectivity index (χ1) is 14.4. The summed E-state index contributed by atoms with van der Waals surface area (Å²) < 4.78 is 11.0. The van der Waals surface area contributed by atoms with Crippen LogP contribution in [0, 0.1) is 11.3 Å². The molecule has 0 saturated carbocycles. The van der Waals surface area contributed by atoms with Crippen LogP contribution in [0.5, 0.6) is 5.75 Å². The molecule has 3 aromatic rings. The molecule has 162 valence electrons. The van der Waals surface area contributed by atoms with E-state index in [0.717, 1.165) is 11.1 Å². The van der Waals surface area contributed by atoms with Crippen molar-refractivity contribution in [3.8, 4) is 34.7 Å². The molecule has 9 heteroatoms. The largest absolute Gasteiger partial charge is 0.490 e. The molecule has 31 heavy (non-hydrogen) atoms. The Morgan fingerprint density at radius 2 is 1.90 bits per heavy atom. The molecule has 3 rings (SSSR count). The molecule has 1 heterocycles. The maximum atomic E-state index is 10.8. The van der Waals surface area contributed by atoms with E-state index in [-0.39, 0.29) is 25.1 Å². The molecule has 0 aliphatic heterocycles. The summed E-state index contributed by atoms with van der Waals surface area (Å²) in [6, 6.07) is 14.8. The van der Waals surface area contributed by atoms with Crippen LogP contribution in [0.1, 0.15) is 25.0 Å². The molecule has 0 aliphatic rings. The fourth-order valence-corrected chi connectivity index (χ4v) is 2.92. The monoisotopic (exact) mass is 442 g/mol. The maximum Gasteiger partial charge on any atom is 0.317 e. The number of rotatable bonds is 8. The van der Waals surface area contributed by atoms with Crippen molar-refractivity contribution in [1.82, 2.24) is 15.0 Å². The summed E-state index contributed by atoms with van der Waals surface area (Å²) in [5.41, 5.74) is 2.78. The van der Waals surface area contributed by atoms with Crippen LogP contribution in [0.15, 0.2) is 47.0 Å². The average molecular weight is 443 g/mol. The molecular formula is C22H23ClN4O4. The van der Waals surface area contributed by atoms with E-state index in [0.29, 0.717) is 35.1 Å². The van der Waals surface area contributed by atoms with Gasteiger partial charge >= 0.3 is 5.97 Å². The molecule has 1 aromatic heterocycles. The van der Waals surface area contributed by atoms with Crippen LogP contribution in [-0.2, 0) is 11.3 Å². The molecule has 0 bridgehead atoms. The smallest absolute Gasteiger partial charge is 0.317 e. The van der Waals surface area contributed by atoms with Gasteiger partial charge in [0.1, 0.15) is 11.8 Å². The topological polar surface area (TPSA) is 112 Å². The van der Waals surface area contributed by atoms with E-state index in [4.69, 9.17) is 14.4 Å². The summed E-state index contributed by atoms with van der Waals surface area (Å²) in [5.74, 6) is 0.385. The number of nitriles is 1. The number of likely N-dealkylation sites (N-methyl/N-ethyl adjacent to an activating group) is 1. The molecule has 0 amide bonds. The lowest BCUT2D eigenvalue weighted by molar-refractivity contribution is -0.138. The lowest BCUT2D eigenvalue weighted by Gasteiger charge is -2.13. The number of carboxylic acids is 1. The molecule has 0 saturated heterocycles. The Bertz CT molecular complexity index is 1070. The number of halogens is 1. The highest BCUT2D eigenvalue weighted by Gasteiger charge is 2.14. The van der Waals surface area contributed by atoms with Crippen molar-refractivity contribution in [3.05, 3.63) is 53.6 Å². The highest BCUT2D eigenvalue weighted by atomic mass is 35.5. The van der Waals surface area contributed by atoms with Crippen LogP contribution in [-0.4, -0.2) is 45.8 Å². The number of aromatic nitrogens is 2. The molecule has 2 aromatic carbocycles. The lowest BCUT2D eigenvalue weighted by atomic mass is 10.1. The van der Waals surface area contributed by atoms with Gasteiger partial charge in [0.25, 0.3) is 5.89 Å². The second kappa shape index (κ2) is 10.6. The normalized spacial score (nSPS) is 10.6. The lowest BCUT2D eigenvalue weighted by Crippen LogP contribution is -2.25. The summed E-state index contributed by atoms with van der Waals surface area (Å²) in [7, 11) is 1.75. The van der Waals surface area contributed by atoms with Crippen LogP contribution in [0.3, 0.4) is 0 Å². The highest BCUT2D eigenvalue weighted by molar-refractivity contribution is 5.85. The molecule has 0 fully saturated rings. The second-order valence-electron chi connectivity index (χ2n) is 7.18. The van der Waals surface area contributed by atoms with Crippen molar-refractivity contribution >= 4 is 18.4 Å². The Morgan fingerprint density at radius 1 is 1.23 bits per heavy atom. The SMILES string of the molecule is CC(C)Oc1ccc(-c2nc(-c3ccc(CN(C)CC(=O)O)cc3)no2)cc1C#N.Cl. The van der Waals surface area contributed by atoms with Gasteiger partial charge in [-0.1, -0.05) is 29.4 Å². The zero-order valence-corrected chi connectivity index (χ0v) is 18.2. The molecular weight excluding hydrogens is 420 g/mol. The molecule has 0 radical (unpaired) electrons. The number of hydrogen-bond donors (Lipinski definition) is 1. The van der Waals surface area contributed by atoms with Gasteiger partial charge in [-0.3, -0.25) is 9.69 Å². The first-order valence-corrected chi connectivity index (χ1v) is 9.40. The molecule has 0 atom stereocenters. The molecule has 8 nitrogen and oxygen atoms in total. The predicted octanol–water partition coefficient (Wildman–Crippen LogP) is 4.00. The summed E-state index contributed by atoms with van der Waals surface area (Å²) in [4.78, 5) is 16.9. The predicted molar refractivity (Wildman–Crippen MR) is 117 cm³/mol. The van der Waals surface area contributed by atoms with Crippen molar-refractivity contribution in [2.45, 2.75) is 26.5 Å². The number of hydrogen-bond acceptors (Lipinski definition) is 7. The van der Waals surface area contributed by atoms with Crippen molar-refractivity contribution in [2.75, 3.05) is 13.6 Å². The average Bonchev–Trinajstić information content (AvgIpc) is 3.18. The first-order valence-electron chi connectivity index (χ1n) is 9.40.